The smallest absolute Gasteiger partial charge is 0.411 e. The van der Waals surface area contributed by atoms with E-state index in [4.69, 9.17) is 25.8 Å². The van der Waals surface area contributed by atoms with Crippen LogP contribution < -0.4 is 24.8 Å². The van der Waals surface area contributed by atoms with Gasteiger partial charge < -0.3 is 14.2 Å². The van der Waals surface area contributed by atoms with Crippen LogP contribution in [0.1, 0.15) is 69.8 Å². The summed E-state index contributed by atoms with van der Waals surface area (Å²) in [5.41, 5.74) is 0.601. The molecule has 312 valence electrons. The molecule has 1 aromatic heterocycles. The van der Waals surface area contributed by atoms with Crippen LogP contribution in [-0.4, -0.2) is 84.4 Å². The lowest BCUT2D eigenvalue weighted by molar-refractivity contribution is -0.136. The van der Waals surface area contributed by atoms with E-state index in [-0.39, 0.29) is 58.5 Å². The summed E-state index contributed by atoms with van der Waals surface area (Å²) in [5.74, 6) is -6.62. The van der Waals surface area contributed by atoms with Crippen molar-refractivity contribution in [3.8, 4) is 17.6 Å². The van der Waals surface area contributed by atoms with Crippen molar-refractivity contribution in [3.05, 3.63) is 105 Å². The van der Waals surface area contributed by atoms with E-state index in [0.717, 1.165) is 22.8 Å². The molecule has 3 aromatic carbocycles. The standard InChI is InChI=1S/C39H34ClF2N7O10S/c1-38(2,22-4-7-26(8-5-22)57-18-25-12-13-44-36(45-25)48-60(3,55)56)23-14-21(17-43)32(29(40)15-23)58-19-39(41,42)20-59-37(54)46-24-6-9-27-28(16-24)35(53)49(34(27)52)30-10-11-31(50)47-33(30)51/h4-9,12-16,30H,10-11,18-20H2,1-3H3,(H,46,54)(H,44,45,48)(H,47,50,51). The van der Waals surface area contributed by atoms with Gasteiger partial charge in [0.05, 0.1) is 33.7 Å². The van der Waals surface area contributed by atoms with Crippen molar-refractivity contribution < 1.29 is 55.4 Å². The number of ether oxygens (including phenoxy) is 3. The fourth-order valence-corrected chi connectivity index (χ4v) is 6.96. The Morgan fingerprint density at radius 2 is 1.72 bits per heavy atom. The number of amides is 5. The Hall–Kier alpha value is -6.72. The Labute approximate surface area is 346 Å². The molecule has 0 bridgehead atoms. The average molecular weight is 866 g/mol. The highest BCUT2D eigenvalue weighted by Gasteiger charge is 2.45. The number of hydrogen-bond acceptors (Lipinski definition) is 13. The summed E-state index contributed by atoms with van der Waals surface area (Å²) in [5, 5.41) is 14.1. The number of halogens is 3. The molecule has 1 saturated heterocycles. The molecule has 0 spiro atoms. The van der Waals surface area contributed by atoms with Gasteiger partial charge in [0.15, 0.2) is 19.0 Å². The quantitative estimate of drug-likeness (QED) is 0.143. The predicted molar refractivity (Wildman–Crippen MR) is 208 cm³/mol. The van der Waals surface area contributed by atoms with Gasteiger partial charge in [-0.25, -0.2) is 23.2 Å². The fraction of sp³-hybridized carbons (Fsp3) is 0.282. The van der Waals surface area contributed by atoms with Crippen LogP contribution in [0.4, 0.5) is 25.2 Å². The molecule has 3 heterocycles. The van der Waals surface area contributed by atoms with Crippen molar-refractivity contribution in [1.29, 1.82) is 5.26 Å². The molecule has 5 amide bonds. The molecule has 0 saturated carbocycles. The van der Waals surface area contributed by atoms with E-state index in [9.17, 15) is 46.4 Å². The number of fused-ring (bicyclic) bond motifs is 1. The van der Waals surface area contributed by atoms with Gasteiger partial charge in [-0.1, -0.05) is 37.6 Å². The number of benzene rings is 3. The number of carbonyl (C=O) groups excluding carboxylic acids is 5. The van der Waals surface area contributed by atoms with Gasteiger partial charge in [0.1, 0.15) is 24.5 Å². The zero-order valence-corrected chi connectivity index (χ0v) is 33.4. The molecule has 1 atom stereocenters. The maximum Gasteiger partial charge on any atom is 0.411 e. The number of sulfonamides is 1. The normalized spacial score (nSPS) is 15.5. The molecule has 2 aliphatic heterocycles. The molecule has 6 rings (SSSR count). The molecule has 3 N–H and O–H groups in total. The van der Waals surface area contributed by atoms with Crippen LogP contribution in [0.3, 0.4) is 0 Å². The van der Waals surface area contributed by atoms with E-state index in [1.807, 2.05) is 19.9 Å². The second-order valence-corrected chi connectivity index (χ2v) is 16.3. The molecule has 0 aliphatic carbocycles. The van der Waals surface area contributed by atoms with Crippen LogP contribution in [0, 0.1) is 11.3 Å². The monoisotopic (exact) mass is 865 g/mol. The molecule has 2 aliphatic rings. The van der Waals surface area contributed by atoms with Gasteiger partial charge in [-0.3, -0.25) is 39.4 Å². The maximum absolute atomic E-state index is 14.9. The lowest BCUT2D eigenvalue weighted by atomic mass is 9.77. The molecule has 60 heavy (non-hydrogen) atoms. The summed E-state index contributed by atoms with van der Waals surface area (Å²) in [6.45, 7) is 0.966. The molecular weight excluding hydrogens is 832 g/mol. The van der Waals surface area contributed by atoms with E-state index in [1.54, 1.807) is 30.3 Å². The summed E-state index contributed by atoms with van der Waals surface area (Å²) >= 11 is 6.48. The number of rotatable bonds is 14. The molecule has 4 aromatic rings. The number of anilines is 2. The lowest BCUT2D eigenvalue weighted by Crippen LogP contribution is -2.54. The number of hydrogen-bond donors (Lipinski definition) is 3. The van der Waals surface area contributed by atoms with Crippen LogP contribution in [0.15, 0.2) is 66.9 Å². The Balaban J connectivity index is 1.03. The van der Waals surface area contributed by atoms with Gasteiger partial charge in [-0.05, 0) is 66.1 Å². The Kier molecular flexibility index (Phi) is 12.1. The summed E-state index contributed by atoms with van der Waals surface area (Å²) in [6, 6.07) is 15.8. The number of nitrogens with zero attached hydrogens (tertiary/aromatic N) is 4. The summed E-state index contributed by atoms with van der Waals surface area (Å²) < 4.78 is 70.9. The van der Waals surface area contributed by atoms with E-state index in [2.05, 4.69) is 25.3 Å². The summed E-state index contributed by atoms with van der Waals surface area (Å²) in [6.07, 6.45) is 0.925. The van der Waals surface area contributed by atoms with E-state index >= 15 is 0 Å². The fourth-order valence-electron chi connectivity index (χ4n) is 6.26. The van der Waals surface area contributed by atoms with Crippen LogP contribution in [0.5, 0.6) is 11.5 Å². The Bertz CT molecular complexity index is 2570. The van der Waals surface area contributed by atoms with Crippen molar-refractivity contribution in [1.82, 2.24) is 20.2 Å². The third-order valence-corrected chi connectivity index (χ3v) is 10.2. The average Bonchev–Trinajstić information content (AvgIpc) is 3.43. The highest BCUT2D eigenvalue weighted by Crippen LogP contribution is 2.39. The zero-order valence-electron chi connectivity index (χ0n) is 31.9. The largest absolute Gasteiger partial charge is 0.487 e. The third kappa shape index (κ3) is 9.76. The van der Waals surface area contributed by atoms with Crippen LogP contribution in [0.25, 0.3) is 0 Å². The minimum absolute atomic E-state index is 0.0170. The second-order valence-electron chi connectivity index (χ2n) is 14.2. The maximum atomic E-state index is 14.9. The summed E-state index contributed by atoms with van der Waals surface area (Å²) in [7, 11) is -3.56. The first-order valence-corrected chi connectivity index (χ1v) is 20.1. The predicted octanol–water partition coefficient (Wildman–Crippen LogP) is 4.94. The first kappa shape index (κ1) is 42.9. The first-order chi connectivity index (χ1) is 28.2. The van der Waals surface area contributed by atoms with Crippen LogP contribution in [0.2, 0.25) is 5.02 Å². The number of nitriles is 1. The highest BCUT2D eigenvalue weighted by atomic mass is 35.5. The molecule has 21 heteroatoms. The topological polar surface area (TPSA) is 236 Å². The van der Waals surface area contributed by atoms with Crippen molar-refractivity contribution in [2.75, 3.05) is 29.5 Å². The second kappa shape index (κ2) is 16.9. The Morgan fingerprint density at radius 1 is 1.00 bits per heavy atom. The van der Waals surface area contributed by atoms with Crippen molar-refractivity contribution in [2.24, 2.45) is 0 Å². The van der Waals surface area contributed by atoms with Crippen molar-refractivity contribution in [3.63, 3.8) is 0 Å². The lowest BCUT2D eigenvalue weighted by Gasteiger charge is -2.27. The van der Waals surface area contributed by atoms with Crippen molar-refractivity contribution >= 4 is 63.0 Å². The van der Waals surface area contributed by atoms with Crippen LogP contribution >= 0.6 is 11.6 Å². The van der Waals surface area contributed by atoms with E-state index < -0.39 is 70.3 Å². The van der Waals surface area contributed by atoms with Gasteiger partial charge in [0, 0.05) is 23.7 Å². The molecule has 0 radical (unpaired) electrons. The van der Waals surface area contributed by atoms with Gasteiger partial charge in [-0.15, -0.1) is 0 Å². The molecule has 1 unspecified atom stereocenters. The van der Waals surface area contributed by atoms with Crippen molar-refractivity contribution in [2.45, 2.75) is 50.7 Å². The minimum Gasteiger partial charge on any atom is -0.487 e. The van der Waals surface area contributed by atoms with Gasteiger partial charge in [0.2, 0.25) is 27.8 Å². The highest BCUT2D eigenvalue weighted by molar-refractivity contribution is 7.92. The van der Waals surface area contributed by atoms with Gasteiger partial charge in [0.25, 0.3) is 11.8 Å². The summed E-state index contributed by atoms with van der Waals surface area (Å²) in [4.78, 5) is 71.0. The molecular formula is C39H34ClF2N7O10S. The number of piperidine rings is 1. The number of imide groups is 2. The molecule has 17 nitrogen and oxygen atoms in total. The number of alkyl halides is 2. The SMILES string of the molecule is CC(C)(c1ccc(OCc2ccnc(NS(C)(=O)=O)n2)cc1)c1cc(Cl)c(OCC(F)(F)COC(=O)Nc2ccc3c(c2)C(=O)N(C2CCC(=O)NC2=O)C3=O)c(C#N)c1. The minimum atomic E-state index is -3.76. The number of carbonyl (C=O) groups is 5. The van der Waals surface area contributed by atoms with Gasteiger partial charge >= 0.3 is 12.0 Å². The number of aromatic nitrogens is 2. The number of nitrogens with one attached hydrogen (secondary N) is 3. The first-order valence-electron chi connectivity index (χ1n) is 17.8. The third-order valence-electron chi connectivity index (χ3n) is 9.37. The zero-order chi connectivity index (χ0) is 43.6. The van der Waals surface area contributed by atoms with Gasteiger partial charge in [-0.2, -0.15) is 14.0 Å². The van der Waals surface area contributed by atoms with E-state index in [1.165, 1.54) is 30.5 Å². The Morgan fingerprint density at radius 3 is 2.40 bits per heavy atom. The molecule has 1 fully saturated rings. The van der Waals surface area contributed by atoms with Crippen LogP contribution in [-0.2, 0) is 36.4 Å². The van der Waals surface area contributed by atoms with E-state index in [0.29, 0.717) is 17.0 Å².